The van der Waals surface area contributed by atoms with E-state index in [1.165, 1.54) is 14.2 Å². The Morgan fingerprint density at radius 2 is 2.05 bits per heavy atom. The zero-order chi connectivity index (χ0) is 15.8. The highest BCUT2D eigenvalue weighted by Gasteiger charge is 2.48. The summed E-state index contributed by atoms with van der Waals surface area (Å²) in [5, 5.41) is 12.9. The van der Waals surface area contributed by atoms with Crippen molar-refractivity contribution in [2.45, 2.75) is 32.4 Å². The lowest BCUT2D eigenvalue weighted by Gasteiger charge is -2.49. The molecule has 2 unspecified atom stereocenters. The van der Waals surface area contributed by atoms with E-state index in [-0.39, 0.29) is 17.4 Å². The Balaban J connectivity index is 2.19. The minimum atomic E-state index is -0.392. The van der Waals surface area contributed by atoms with E-state index in [4.69, 9.17) is 21.1 Å². The fourth-order valence-electron chi connectivity index (χ4n) is 2.44. The molecule has 2 N–H and O–H groups in total. The SMILES string of the molecule is COc1cc(C(=O)NC2CC(O)C2(C)C)cc(Cl)c1OC. The van der Waals surface area contributed by atoms with Gasteiger partial charge >= 0.3 is 0 Å². The second-order valence-electron chi connectivity index (χ2n) is 5.79. The molecule has 1 saturated carbocycles. The van der Waals surface area contributed by atoms with E-state index in [1.54, 1.807) is 12.1 Å². The summed E-state index contributed by atoms with van der Waals surface area (Å²) in [5.41, 5.74) is 0.0746. The van der Waals surface area contributed by atoms with Crippen LogP contribution in [0, 0.1) is 5.41 Å². The first-order valence-corrected chi connectivity index (χ1v) is 7.09. The zero-order valence-corrected chi connectivity index (χ0v) is 13.3. The zero-order valence-electron chi connectivity index (χ0n) is 12.6. The van der Waals surface area contributed by atoms with E-state index in [9.17, 15) is 9.90 Å². The number of aliphatic hydroxyl groups excluding tert-OH is 1. The second kappa shape index (κ2) is 5.73. The molecule has 1 fully saturated rings. The molecular weight excluding hydrogens is 294 g/mol. The van der Waals surface area contributed by atoms with Gasteiger partial charge in [0.15, 0.2) is 11.5 Å². The fourth-order valence-corrected chi connectivity index (χ4v) is 2.73. The summed E-state index contributed by atoms with van der Waals surface area (Å²) in [6.45, 7) is 3.85. The third kappa shape index (κ3) is 2.80. The van der Waals surface area contributed by atoms with Gasteiger partial charge in [-0.05, 0) is 18.6 Å². The molecule has 0 spiro atoms. The van der Waals surface area contributed by atoms with Crippen LogP contribution in [0.15, 0.2) is 12.1 Å². The van der Waals surface area contributed by atoms with Crippen LogP contribution in [0.25, 0.3) is 0 Å². The number of benzene rings is 1. The third-order valence-electron chi connectivity index (χ3n) is 4.22. The van der Waals surface area contributed by atoms with Crippen LogP contribution >= 0.6 is 11.6 Å². The van der Waals surface area contributed by atoms with Gasteiger partial charge in [0.2, 0.25) is 0 Å². The maximum absolute atomic E-state index is 12.3. The van der Waals surface area contributed by atoms with Crippen molar-refractivity contribution in [3.05, 3.63) is 22.7 Å². The van der Waals surface area contributed by atoms with Crippen molar-refractivity contribution in [2.24, 2.45) is 5.41 Å². The lowest BCUT2D eigenvalue weighted by Crippen LogP contribution is -2.61. The molecule has 0 aromatic heterocycles. The van der Waals surface area contributed by atoms with Crippen LogP contribution in [0.1, 0.15) is 30.6 Å². The summed E-state index contributed by atoms with van der Waals surface area (Å²) >= 11 is 6.10. The van der Waals surface area contributed by atoms with Crippen molar-refractivity contribution < 1.29 is 19.4 Å². The summed E-state index contributed by atoms with van der Waals surface area (Å²) in [7, 11) is 2.98. The number of nitrogens with one attached hydrogen (secondary N) is 1. The Labute approximate surface area is 129 Å². The van der Waals surface area contributed by atoms with E-state index in [0.29, 0.717) is 28.5 Å². The Morgan fingerprint density at radius 1 is 1.38 bits per heavy atom. The number of aliphatic hydroxyl groups is 1. The molecule has 2 atom stereocenters. The van der Waals surface area contributed by atoms with Gasteiger partial charge < -0.3 is 19.9 Å². The van der Waals surface area contributed by atoms with Crippen LogP contribution in [0.3, 0.4) is 0 Å². The smallest absolute Gasteiger partial charge is 0.251 e. The number of halogens is 1. The summed E-state index contributed by atoms with van der Waals surface area (Å²) in [6, 6.07) is 3.06. The van der Waals surface area contributed by atoms with Crippen LogP contribution in [0.5, 0.6) is 11.5 Å². The van der Waals surface area contributed by atoms with Crippen molar-refractivity contribution in [3.63, 3.8) is 0 Å². The number of ether oxygens (including phenoxy) is 2. The van der Waals surface area contributed by atoms with Crippen LogP contribution in [0.4, 0.5) is 0 Å². The van der Waals surface area contributed by atoms with Gasteiger partial charge in [0.05, 0.1) is 25.3 Å². The van der Waals surface area contributed by atoms with Gasteiger partial charge in [-0.1, -0.05) is 25.4 Å². The van der Waals surface area contributed by atoms with Crippen molar-refractivity contribution in [2.75, 3.05) is 14.2 Å². The maximum atomic E-state index is 12.3. The lowest BCUT2D eigenvalue weighted by atomic mass is 9.64. The van der Waals surface area contributed by atoms with Gasteiger partial charge in [0, 0.05) is 17.0 Å². The van der Waals surface area contributed by atoms with Crippen molar-refractivity contribution in [1.29, 1.82) is 0 Å². The molecule has 1 amide bonds. The summed E-state index contributed by atoms with van der Waals surface area (Å²) < 4.78 is 10.3. The van der Waals surface area contributed by atoms with Crippen LogP contribution < -0.4 is 14.8 Å². The first kappa shape index (κ1) is 15.9. The molecule has 2 rings (SSSR count). The summed E-state index contributed by atoms with van der Waals surface area (Å²) in [4.78, 5) is 12.3. The Bertz CT molecular complexity index is 559. The van der Waals surface area contributed by atoms with Crippen LogP contribution in [-0.4, -0.2) is 37.4 Å². The predicted molar refractivity (Wildman–Crippen MR) is 80.2 cm³/mol. The Kier molecular flexibility index (Phi) is 4.35. The lowest BCUT2D eigenvalue weighted by molar-refractivity contribution is -0.0689. The molecule has 1 aromatic rings. The summed E-state index contributed by atoms with van der Waals surface area (Å²) in [5.74, 6) is 0.556. The molecule has 0 radical (unpaired) electrons. The Hall–Kier alpha value is -1.46. The molecule has 5 nitrogen and oxygen atoms in total. The molecule has 0 aliphatic heterocycles. The molecule has 0 bridgehead atoms. The first-order valence-electron chi connectivity index (χ1n) is 6.71. The maximum Gasteiger partial charge on any atom is 0.251 e. The minimum absolute atomic E-state index is 0.0631. The van der Waals surface area contributed by atoms with Gasteiger partial charge in [-0.25, -0.2) is 0 Å². The predicted octanol–water partition coefficient (Wildman–Crippen LogP) is 2.25. The van der Waals surface area contributed by atoms with E-state index in [1.807, 2.05) is 13.8 Å². The average molecular weight is 314 g/mol. The number of hydrogen-bond acceptors (Lipinski definition) is 4. The number of carbonyl (C=O) groups excluding carboxylic acids is 1. The molecule has 0 saturated heterocycles. The van der Waals surface area contributed by atoms with Gasteiger partial charge in [0.1, 0.15) is 0 Å². The standard InChI is InChI=1S/C15H20ClNO4/c1-15(2)11(7-12(15)18)17-14(19)8-5-9(16)13(21-4)10(6-8)20-3/h5-6,11-12,18H,7H2,1-4H3,(H,17,19). The molecule has 116 valence electrons. The quantitative estimate of drug-likeness (QED) is 0.894. The third-order valence-corrected chi connectivity index (χ3v) is 4.50. The van der Waals surface area contributed by atoms with E-state index in [0.717, 1.165) is 0 Å². The van der Waals surface area contributed by atoms with Crippen LogP contribution in [0.2, 0.25) is 5.02 Å². The van der Waals surface area contributed by atoms with Crippen molar-refractivity contribution in [1.82, 2.24) is 5.32 Å². The molecular formula is C15H20ClNO4. The number of carbonyl (C=O) groups is 1. The highest BCUT2D eigenvalue weighted by molar-refractivity contribution is 6.32. The topological polar surface area (TPSA) is 67.8 Å². The molecule has 1 aromatic carbocycles. The molecule has 6 heteroatoms. The van der Waals surface area contributed by atoms with Gasteiger partial charge in [-0.3, -0.25) is 4.79 Å². The van der Waals surface area contributed by atoms with Gasteiger partial charge in [-0.15, -0.1) is 0 Å². The van der Waals surface area contributed by atoms with Crippen molar-refractivity contribution >= 4 is 17.5 Å². The van der Waals surface area contributed by atoms with E-state index >= 15 is 0 Å². The second-order valence-corrected chi connectivity index (χ2v) is 6.20. The first-order chi connectivity index (χ1) is 9.81. The Morgan fingerprint density at radius 3 is 2.52 bits per heavy atom. The van der Waals surface area contributed by atoms with Gasteiger partial charge in [0.25, 0.3) is 5.91 Å². The number of hydrogen-bond donors (Lipinski definition) is 2. The molecule has 1 aliphatic rings. The monoisotopic (exact) mass is 313 g/mol. The van der Waals surface area contributed by atoms with E-state index < -0.39 is 6.10 Å². The number of methoxy groups -OCH3 is 2. The van der Waals surface area contributed by atoms with Crippen molar-refractivity contribution in [3.8, 4) is 11.5 Å². The highest BCUT2D eigenvalue weighted by atomic mass is 35.5. The normalized spacial score (nSPS) is 23.1. The van der Waals surface area contributed by atoms with E-state index in [2.05, 4.69) is 5.32 Å². The minimum Gasteiger partial charge on any atom is -0.493 e. The number of rotatable bonds is 4. The van der Waals surface area contributed by atoms with Crippen LogP contribution in [-0.2, 0) is 0 Å². The highest BCUT2D eigenvalue weighted by Crippen LogP contribution is 2.41. The largest absolute Gasteiger partial charge is 0.493 e. The summed E-state index contributed by atoms with van der Waals surface area (Å²) in [6.07, 6.45) is 0.163. The number of amides is 1. The average Bonchev–Trinajstić information content (AvgIpc) is 2.45. The molecule has 21 heavy (non-hydrogen) atoms. The van der Waals surface area contributed by atoms with Gasteiger partial charge in [-0.2, -0.15) is 0 Å². The molecule has 1 aliphatic carbocycles. The fraction of sp³-hybridized carbons (Fsp3) is 0.533. The molecule has 0 heterocycles.